The Morgan fingerprint density at radius 2 is 1.79 bits per heavy atom. The van der Waals surface area contributed by atoms with Crippen molar-refractivity contribution in [1.29, 1.82) is 0 Å². The summed E-state index contributed by atoms with van der Waals surface area (Å²) in [4.78, 5) is 43.1. The van der Waals surface area contributed by atoms with Gasteiger partial charge in [0.1, 0.15) is 17.7 Å². The lowest BCUT2D eigenvalue weighted by Crippen LogP contribution is -2.48. The number of ether oxygens (including phenoxy) is 3. The summed E-state index contributed by atoms with van der Waals surface area (Å²) in [5.74, 6) is -4.58. The maximum Gasteiger partial charge on any atom is 0.387 e. The van der Waals surface area contributed by atoms with Gasteiger partial charge in [0, 0.05) is 28.5 Å². The van der Waals surface area contributed by atoms with Crippen molar-refractivity contribution in [2.45, 2.75) is 53.2 Å². The predicted octanol–water partition coefficient (Wildman–Crippen LogP) is 3.61. The van der Waals surface area contributed by atoms with Crippen molar-refractivity contribution in [3.05, 3.63) is 41.1 Å². The highest BCUT2D eigenvalue weighted by atomic mass is 19.3. The standard InChI is InChI=1S/C24H30F2N2O6/c1-7-33-23(31)20(12(2)3)28-21(29)17-13(4)27-14(5)18(22(30)32-6)19(17)15-10-8-9-11-16(15)34-24(25)26/h8-12,18-20,24H,7H2,1-6H3,(H,28,29)/t18?,19-,20-/m0/s1. The Balaban J connectivity index is 2.65. The fraction of sp³-hybridized carbons (Fsp3) is 0.500. The van der Waals surface area contributed by atoms with Crippen LogP contribution in [0.2, 0.25) is 0 Å². The van der Waals surface area contributed by atoms with E-state index in [1.54, 1.807) is 40.7 Å². The molecule has 1 aliphatic heterocycles. The number of methoxy groups -OCH3 is 1. The number of hydrogen-bond acceptors (Lipinski definition) is 7. The van der Waals surface area contributed by atoms with Crippen LogP contribution < -0.4 is 10.1 Å². The molecule has 1 aliphatic rings. The zero-order valence-corrected chi connectivity index (χ0v) is 20.1. The first-order chi connectivity index (χ1) is 16.0. The first-order valence-electron chi connectivity index (χ1n) is 10.9. The first kappa shape index (κ1) is 26.9. The maximum absolute atomic E-state index is 13.5. The highest BCUT2D eigenvalue weighted by Gasteiger charge is 2.43. The van der Waals surface area contributed by atoms with Crippen molar-refractivity contribution < 1.29 is 37.4 Å². The molecule has 0 saturated heterocycles. The van der Waals surface area contributed by atoms with Gasteiger partial charge in [-0.3, -0.25) is 14.6 Å². The van der Waals surface area contributed by atoms with Crippen LogP contribution in [0.25, 0.3) is 0 Å². The van der Waals surface area contributed by atoms with Gasteiger partial charge in [-0.15, -0.1) is 0 Å². The van der Waals surface area contributed by atoms with Gasteiger partial charge in [0.25, 0.3) is 0 Å². The number of hydrogen-bond donors (Lipinski definition) is 1. The molecule has 8 nitrogen and oxygen atoms in total. The van der Waals surface area contributed by atoms with Crippen LogP contribution in [0.5, 0.6) is 5.75 Å². The average Bonchev–Trinajstić information content (AvgIpc) is 2.76. The Labute approximate surface area is 197 Å². The van der Waals surface area contributed by atoms with E-state index in [1.807, 2.05) is 0 Å². The normalized spacial score (nSPS) is 18.9. The minimum Gasteiger partial charge on any atom is -0.468 e. The van der Waals surface area contributed by atoms with E-state index in [-0.39, 0.29) is 35.1 Å². The van der Waals surface area contributed by atoms with Gasteiger partial charge in [-0.1, -0.05) is 32.0 Å². The molecule has 186 valence electrons. The SMILES string of the molecule is CCOC(=O)[C@@H](NC(=O)C1=C(C)N=C(C)C(C(=O)OC)[C@H]1c1ccccc1OC(F)F)C(C)C. The smallest absolute Gasteiger partial charge is 0.387 e. The van der Waals surface area contributed by atoms with Crippen molar-refractivity contribution in [3.63, 3.8) is 0 Å². The van der Waals surface area contributed by atoms with Gasteiger partial charge < -0.3 is 19.5 Å². The van der Waals surface area contributed by atoms with Crippen molar-refractivity contribution in [1.82, 2.24) is 5.32 Å². The summed E-state index contributed by atoms with van der Waals surface area (Å²) in [6.45, 7) is 5.32. The highest BCUT2D eigenvalue weighted by Crippen LogP contribution is 2.43. The lowest BCUT2D eigenvalue weighted by atomic mass is 9.75. The number of benzene rings is 1. The largest absolute Gasteiger partial charge is 0.468 e. The molecule has 2 rings (SSSR count). The molecule has 34 heavy (non-hydrogen) atoms. The second-order valence-electron chi connectivity index (χ2n) is 8.09. The number of esters is 2. The van der Waals surface area contributed by atoms with Crippen LogP contribution in [0.15, 0.2) is 40.5 Å². The van der Waals surface area contributed by atoms with Crippen LogP contribution >= 0.6 is 0 Å². The first-order valence-corrected chi connectivity index (χ1v) is 10.9. The fourth-order valence-electron chi connectivity index (χ4n) is 3.99. The lowest BCUT2D eigenvalue weighted by Gasteiger charge is -2.33. The van der Waals surface area contributed by atoms with Crippen molar-refractivity contribution >= 4 is 23.6 Å². The van der Waals surface area contributed by atoms with Crippen LogP contribution in [0.1, 0.15) is 46.1 Å². The molecule has 1 amide bonds. The van der Waals surface area contributed by atoms with Crippen molar-refractivity contribution in [2.24, 2.45) is 16.8 Å². The van der Waals surface area contributed by atoms with E-state index >= 15 is 0 Å². The second kappa shape index (κ2) is 11.7. The van der Waals surface area contributed by atoms with E-state index in [0.717, 1.165) is 0 Å². The number of para-hydroxylation sites is 1. The van der Waals surface area contributed by atoms with Gasteiger partial charge in [-0.25, -0.2) is 4.79 Å². The number of carbonyl (C=O) groups excluding carboxylic acids is 3. The summed E-state index contributed by atoms with van der Waals surface area (Å²) in [7, 11) is 1.19. The van der Waals surface area contributed by atoms with Crippen LogP contribution in [-0.2, 0) is 23.9 Å². The number of carbonyl (C=O) groups is 3. The molecule has 1 aromatic carbocycles. The summed E-state index contributed by atoms with van der Waals surface area (Å²) in [5, 5.41) is 2.67. The predicted molar refractivity (Wildman–Crippen MR) is 121 cm³/mol. The maximum atomic E-state index is 13.5. The molecule has 1 N–H and O–H groups in total. The van der Waals surface area contributed by atoms with E-state index in [2.05, 4.69) is 10.3 Å². The highest BCUT2D eigenvalue weighted by molar-refractivity contribution is 6.08. The number of nitrogens with one attached hydrogen (secondary N) is 1. The third-order valence-corrected chi connectivity index (χ3v) is 5.49. The minimum atomic E-state index is -3.12. The van der Waals surface area contributed by atoms with E-state index in [4.69, 9.17) is 14.2 Å². The van der Waals surface area contributed by atoms with Gasteiger partial charge in [0.05, 0.1) is 13.7 Å². The number of alkyl halides is 2. The van der Waals surface area contributed by atoms with Crippen molar-refractivity contribution in [2.75, 3.05) is 13.7 Å². The molecule has 1 heterocycles. The molecule has 0 spiro atoms. The number of amides is 1. The van der Waals surface area contributed by atoms with Gasteiger partial charge >= 0.3 is 18.6 Å². The molecule has 1 unspecified atom stereocenters. The van der Waals surface area contributed by atoms with E-state index in [9.17, 15) is 23.2 Å². The molecule has 10 heteroatoms. The summed E-state index contributed by atoms with van der Waals surface area (Å²) < 4.78 is 41.0. The molecule has 0 saturated carbocycles. The zero-order valence-electron chi connectivity index (χ0n) is 20.1. The van der Waals surface area contributed by atoms with Crippen LogP contribution in [0.4, 0.5) is 8.78 Å². The Morgan fingerprint density at radius 3 is 2.35 bits per heavy atom. The van der Waals surface area contributed by atoms with Crippen LogP contribution in [-0.4, -0.2) is 49.9 Å². The molecular weight excluding hydrogens is 450 g/mol. The third kappa shape index (κ3) is 5.98. The quantitative estimate of drug-likeness (QED) is 0.542. The third-order valence-electron chi connectivity index (χ3n) is 5.49. The number of allylic oxidation sites excluding steroid dienone is 1. The molecule has 0 radical (unpaired) electrons. The van der Waals surface area contributed by atoms with Crippen LogP contribution in [0.3, 0.4) is 0 Å². The van der Waals surface area contributed by atoms with E-state index < -0.39 is 42.3 Å². The molecule has 0 fully saturated rings. The Kier molecular flexibility index (Phi) is 9.28. The zero-order chi connectivity index (χ0) is 25.6. The molecule has 1 aromatic rings. The molecule has 0 aliphatic carbocycles. The Hall–Kier alpha value is -3.30. The number of halogens is 2. The van der Waals surface area contributed by atoms with E-state index in [0.29, 0.717) is 5.71 Å². The van der Waals surface area contributed by atoms with Gasteiger partial charge in [0.15, 0.2) is 0 Å². The Bertz CT molecular complexity index is 989. The van der Waals surface area contributed by atoms with E-state index in [1.165, 1.54) is 25.3 Å². The summed E-state index contributed by atoms with van der Waals surface area (Å²) in [6.07, 6.45) is 0. The molecular formula is C24H30F2N2O6. The number of nitrogens with zero attached hydrogens (tertiary/aromatic N) is 1. The number of rotatable bonds is 9. The topological polar surface area (TPSA) is 103 Å². The van der Waals surface area contributed by atoms with Gasteiger partial charge in [-0.05, 0) is 32.8 Å². The van der Waals surface area contributed by atoms with Crippen molar-refractivity contribution in [3.8, 4) is 5.75 Å². The number of aliphatic imine (C=N–C) groups is 1. The monoisotopic (exact) mass is 480 g/mol. The summed E-state index contributed by atoms with van der Waals surface area (Å²) >= 11 is 0. The van der Waals surface area contributed by atoms with Crippen LogP contribution in [0, 0.1) is 11.8 Å². The molecule has 0 aromatic heterocycles. The van der Waals surface area contributed by atoms with Gasteiger partial charge in [-0.2, -0.15) is 8.78 Å². The average molecular weight is 481 g/mol. The fourth-order valence-corrected chi connectivity index (χ4v) is 3.99. The Morgan fingerprint density at radius 1 is 1.15 bits per heavy atom. The summed E-state index contributed by atoms with van der Waals surface area (Å²) in [5.41, 5.74) is 0.859. The van der Waals surface area contributed by atoms with Gasteiger partial charge in [0.2, 0.25) is 5.91 Å². The second-order valence-corrected chi connectivity index (χ2v) is 8.09. The summed E-state index contributed by atoms with van der Waals surface area (Å²) in [6, 6.07) is 4.96. The lowest BCUT2D eigenvalue weighted by molar-refractivity contribution is -0.148. The molecule has 0 bridgehead atoms. The molecule has 3 atom stereocenters. The minimum absolute atomic E-state index is 0.0428.